The number of rotatable bonds is 9. The number of nitrogens with zero attached hydrogens (tertiary/aromatic N) is 14. The van der Waals surface area contributed by atoms with Crippen molar-refractivity contribution in [2.24, 2.45) is 32.0 Å². The number of amides is 1. The summed E-state index contributed by atoms with van der Waals surface area (Å²) in [5.41, 5.74) is 5.72. The van der Waals surface area contributed by atoms with Crippen LogP contribution in [-0.2, 0) is 31.0 Å². The van der Waals surface area contributed by atoms with Crippen LogP contribution in [0.2, 0.25) is 0 Å². The molecule has 0 atom stereocenters. The van der Waals surface area contributed by atoms with E-state index in [1.165, 1.54) is 17.0 Å². The Morgan fingerprint density at radius 3 is 1.58 bits per heavy atom. The maximum absolute atomic E-state index is 11.5. The van der Waals surface area contributed by atoms with Gasteiger partial charge in [-0.3, -0.25) is 45.0 Å². The van der Waals surface area contributed by atoms with Gasteiger partial charge in [0.2, 0.25) is 15.0 Å². The van der Waals surface area contributed by atoms with Gasteiger partial charge < -0.3 is 24.3 Å². The van der Waals surface area contributed by atoms with Crippen molar-refractivity contribution in [2.75, 3.05) is 33.2 Å². The number of isothiocyanates is 1. The standard InChI is InChI=1S/C9H10N4O2S.C9H10N4S.C9H11N3OS.C8H8N4S.C6H7N3O.C2H3NS/c1-13-8(7-4-3-5-10-6-7)11-12-9(13)16(2,14)15;1-13-8(11-12-9(13)14-2)7-4-3-5-10-6-7;1-10-9(14)12-6-8(13)7-3-2-4-11-5-7;1-12-7(10-11-8(12)13)6-3-2-4-9-5-6;7-9-6(10)5-2-1-3-8-4-5;1-3-2-4/h3-6H,1-2H3;3-6H,1-2H3;2-5H,6H2,1H3,(H2,10,12,14);2-5H,1H3,(H,11,13);1-4H,7H2,(H,9,10);1H3. The Balaban J connectivity index is 0.000000231. The van der Waals surface area contributed by atoms with Crippen molar-refractivity contribution in [3.63, 3.8) is 0 Å². The van der Waals surface area contributed by atoms with Crippen molar-refractivity contribution in [3.8, 4) is 34.2 Å². The topological polar surface area (TPSA) is 302 Å². The van der Waals surface area contributed by atoms with E-state index in [0.717, 1.165) is 39.8 Å². The third-order valence-electron chi connectivity index (χ3n) is 8.59. The zero-order valence-corrected chi connectivity index (χ0v) is 43.3. The Bertz CT molecular complexity index is 3100. The number of hydrogen-bond donors (Lipinski definition) is 5. The summed E-state index contributed by atoms with van der Waals surface area (Å²) in [5, 5.41) is 31.4. The van der Waals surface area contributed by atoms with Gasteiger partial charge in [-0.05, 0) is 104 Å². The highest BCUT2D eigenvalue weighted by Crippen LogP contribution is 2.20. The number of carbonyl (C=O) groups excluding carboxylic acids is 2. The Kier molecular flexibility index (Phi) is 24.9. The number of nitrogens with two attached hydrogens (primary N) is 1. The number of aliphatic imine (C=N–C) groups is 1. The molecule has 28 heteroatoms. The predicted octanol–water partition coefficient (Wildman–Crippen LogP) is 4.18. The van der Waals surface area contributed by atoms with Gasteiger partial charge in [0.05, 0.1) is 17.3 Å². The fraction of sp³-hybridized carbons (Fsp3) is 0.186. The van der Waals surface area contributed by atoms with Gasteiger partial charge in [0.25, 0.3) is 5.91 Å². The molecular formula is C43H49N19O4S5. The molecule has 8 aromatic rings. The van der Waals surface area contributed by atoms with Gasteiger partial charge in [0.15, 0.2) is 38.3 Å². The Hall–Kier alpha value is -7.72. The zero-order chi connectivity index (χ0) is 52.2. The summed E-state index contributed by atoms with van der Waals surface area (Å²) in [6, 6.07) is 18.0. The van der Waals surface area contributed by atoms with E-state index in [0.29, 0.717) is 26.8 Å². The van der Waals surface area contributed by atoms with E-state index in [4.69, 9.17) is 30.3 Å². The second-order valence-electron chi connectivity index (χ2n) is 13.5. The molecule has 8 heterocycles. The number of hydrazine groups is 1. The Morgan fingerprint density at radius 2 is 1.21 bits per heavy atom. The molecule has 0 fully saturated rings. The number of aromatic amines is 1. The monoisotopic (exact) mass is 1060 g/mol. The molecule has 6 N–H and O–H groups in total. The molecule has 1 amide bonds. The summed E-state index contributed by atoms with van der Waals surface area (Å²) in [6.45, 7) is 0.186. The van der Waals surface area contributed by atoms with Crippen molar-refractivity contribution in [3.05, 3.63) is 139 Å². The summed E-state index contributed by atoms with van der Waals surface area (Å²) < 4.78 is 28.5. The van der Waals surface area contributed by atoms with E-state index < -0.39 is 9.84 Å². The lowest BCUT2D eigenvalue weighted by Gasteiger charge is -2.05. The predicted molar refractivity (Wildman–Crippen MR) is 280 cm³/mol. The minimum atomic E-state index is -3.35. The molecule has 71 heavy (non-hydrogen) atoms. The van der Waals surface area contributed by atoms with Crippen LogP contribution in [0, 0.1) is 4.77 Å². The summed E-state index contributed by atoms with van der Waals surface area (Å²) in [6.07, 6.45) is 19.5. The highest BCUT2D eigenvalue weighted by molar-refractivity contribution is 7.98. The number of nitrogens with one attached hydrogen (secondary N) is 4. The van der Waals surface area contributed by atoms with Gasteiger partial charge in [-0.1, -0.05) is 11.8 Å². The number of aromatic nitrogens is 14. The number of ketones is 1. The highest BCUT2D eigenvalue weighted by Gasteiger charge is 2.18. The second kappa shape index (κ2) is 30.7. The first-order chi connectivity index (χ1) is 34.1. The van der Waals surface area contributed by atoms with Crippen LogP contribution in [-0.4, -0.2) is 133 Å². The van der Waals surface area contributed by atoms with Gasteiger partial charge in [0.1, 0.15) is 0 Å². The number of carbonyl (C=O) groups is 2. The molecule has 23 nitrogen and oxygen atoms in total. The molecule has 0 bridgehead atoms. The smallest absolute Gasteiger partial charge is 0.266 e. The molecule has 0 aliphatic heterocycles. The minimum absolute atomic E-state index is 0.0318. The number of nitrogen functional groups attached to an aromatic ring is 1. The molecule has 370 valence electrons. The first-order valence-electron chi connectivity index (χ1n) is 20.2. The van der Waals surface area contributed by atoms with Gasteiger partial charge in [-0.15, -0.1) is 20.4 Å². The fourth-order valence-corrected chi connectivity index (χ4v) is 6.64. The average molecular weight is 1060 g/mol. The molecule has 0 spiro atoms. The van der Waals surface area contributed by atoms with Crippen LogP contribution >= 0.6 is 48.4 Å². The fourth-order valence-electron chi connectivity index (χ4n) is 5.18. The van der Waals surface area contributed by atoms with Crippen LogP contribution in [0.15, 0.2) is 138 Å². The average Bonchev–Trinajstić information content (AvgIpc) is 4.11. The van der Waals surface area contributed by atoms with Crippen LogP contribution in [0.5, 0.6) is 0 Å². The molecule has 0 saturated carbocycles. The molecule has 0 aromatic carbocycles. The summed E-state index contributed by atoms with van der Waals surface area (Å²) in [5.74, 6) is 6.65. The SMILES string of the molecule is CN=C=S.CNC(=S)NCC(=O)c1cccnc1.CSc1nnc(-c2cccnc2)n1C.Cn1c(-c2cccnc2)n[nH]c1=S.Cn1c(-c2cccnc2)nnc1S(C)(=O)=O.NNC(=O)c1cccnc1. The van der Waals surface area contributed by atoms with Crippen LogP contribution in [0.1, 0.15) is 20.7 Å². The van der Waals surface area contributed by atoms with Crippen LogP contribution in [0.25, 0.3) is 34.2 Å². The summed E-state index contributed by atoms with van der Waals surface area (Å²) in [4.78, 5) is 45.1. The summed E-state index contributed by atoms with van der Waals surface area (Å²) in [7, 11) is 5.37. The third kappa shape index (κ3) is 19.0. The van der Waals surface area contributed by atoms with Crippen molar-refractivity contribution in [1.29, 1.82) is 0 Å². The number of Topliss-reactive ketones (excluding diaryl/α,β-unsaturated/α-hetero) is 1. The van der Waals surface area contributed by atoms with E-state index in [9.17, 15) is 18.0 Å². The van der Waals surface area contributed by atoms with Crippen molar-refractivity contribution in [1.82, 2.24) is 85.3 Å². The number of thiocarbonyl (C=S) groups is 2. The number of H-pyrrole nitrogens is 1. The van der Waals surface area contributed by atoms with Crippen molar-refractivity contribution >= 4 is 80.2 Å². The molecule has 0 aliphatic rings. The van der Waals surface area contributed by atoms with E-state index in [2.05, 4.69) is 88.5 Å². The van der Waals surface area contributed by atoms with Crippen LogP contribution in [0.4, 0.5) is 0 Å². The van der Waals surface area contributed by atoms with Gasteiger partial charge in [-0.2, -0.15) is 5.10 Å². The Labute approximate surface area is 429 Å². The number of hydrogen-bond acceptors (Lipinski definition) is 20. The minimum Gasteiger partial charge on any atom is -0.366 e. The van der Waals surface area contributed by atoms with E-state index >= 15 is 0 Å². The lowest BCUT2D eigenvalue weighted by atomic mass is 10.2. The number of pyridine rings is 5. The first-order valence-corrected chi connectivity index (χ1v) is 24.6. The van der Waals surface area contributed by atoms with Gasteiger partial charge >= 0.3 is 0 Å². The molecule has 0 radical (unpaired) electrons. The lowest BCUT2D eigenvalue weighted by molar-refractivity contribution is 0.0952. The molecular weight excluding hydrogens is 1010 g/mol. The van der Waals surface area contributed by atoms with Crippen molar-refractivity contribution < 1.29 is 18.0 Å². The second-order valence-corrected chi connectivity index (χ2v) is 17.1. The maximum Gasteiger partial charge on any atom is 0.266 e. The van der Waals surface area contributed by atoms with Gasteiger partial charge in [0, 0.05) is 126 Å². The maximum atomic E-state index is 11.5. The van der Waals surface area contributed by atoms with E-state index in [1.54, 1.807) is 119 Å². The van der Waals surface area contributed by atoms with Crippen LogP contribution < -0.4 is 21.9 Å². The van der Waals surface area contributed by atoms with Crippen LogP contribution in [0.3, 0.4) is 0 Å². The van der Waals surface area contributed by atoms with Gasteiger partial charge in [-0.25, -0.2) is 19.3 Å². The molecule has 0 aliphatic carbocycles. The number of sulfone groups is 1. The quantitative estimate of drug-likeness (QED) is 0.0258. The third-order valence-corrected chi connectivity index (χ3v) is 11.2. The molecule has 8 rings (SSSR count). The Morgan fingerprint density at radius 1 is 0.746 bits per heavy atom. The lowest BCUT2D eigenvalue weighted by Crippen LogP contribution is -2.36. The number of thioether (sulfide) groups is 1. The molecule has 0 saturated heterocycles. The summed E-state index contributed by atoms with van der Waals surface area (Å²) >= 11 is 15.5. The highest BCUT2D eigenvalue weighted by atomic mass is 32.2. The molecule has 0 unspecified atom stereocenters. The first kappa shape index (κ1) is 57.6. The normalized spacial score (nSPS) is 9.86. The van der Waals surface area contributed by atoms with E-state index in [1.807, 2.05) is 59.2 Å². The largest absolute Gasteiger partial charge is 0.366 e. The zero-order valence-electron chi connectivity index (χ0n) is 39.3. The van der Waals surface area contributed by atoms with Crippen molar-refractivity contribution in [2.45, 2.75) is 10.3 Å². The molecule has 8 aromatic heterocycles. The van der Waals surface area contributed by atoms with E-state index in [-0.39, 0.29) is 23.4 Å².